The number of aromatic nitrogens is 4. The number of ether oxygens (including phenoxy) is 1. The number of rotatable bonds is 5. The topological polar surface area (TPSA) is 86.3 Å². The van der Waals surface area contributed by atoms with Gasteiger partial charge < -0.3 is 14.2 Å². The lowest BCUT2D eigenvalue weighted by atomic mass is 10.1. The molecule has 1 aromatic carbocycles. The second-order valence-electron chi connectivity index (χ2n) is 7.02. The number of para-hydroxylation sites is 1. The minimum atomic E-state index is -0.0610. The number of carbonyl (C=O) groups excluding carboxylic acids is 1. The fourth-order valence-corrected chi connectivity index (χ4v) is 3.20. The van der Waals surface area contributed by atoms with Crippen LogP contribution >= 0.6 is 0 Å². The van der Waals surface area contributed by atoms with E-state index >= 15 is 0 Å². The quantitative estimate of drug-likeness (QED) is 0.689. The van der Waals surface area contributed by atoms with Gasteiger partial charge in [-0.25, -0.2) is 0 Å². The van der Waals surface area contributed by atoms with E-state index in [9.17, 15) is 4.79 Å². The van der Waals surface area contributed by atoms with E-state index < -0.39 is 0 Å². The summed E-state index contributed by atoms with van der Waals surface area (Å²) in [7, 11) is 1.76. The van der Waals surface area contributed by atoms with Gasteiger partial charge in [-0.2, -0.15) is 10.1 Å². The molecule has 138 valence electrons. The van der Waals surface area contributed by atoms with E-state index in [1.807, 2.05) is 24.3 Å². The molecule has 1 saturated carbocycles. The summed E-state index contributed by atoms with van der Waals surface area (Å²) in [6.07, 6.45) is 3.81. The minimum absolute atomic E-state index is 0.0332. The van der Waals surface area contributed by atoms with Crippen LogP contribution in [0.1, 0.15) is 35.1 Å². The molecular weight excluding hydrogens is 346 g/mol. The van der Waals surface area contributed by atoms with E-state index in [1.165, 1.54) is 0 Å². The number of aryl methyl sites for hydroxylation is 1. The van der Waals surface area contributed by atoms with Crippen molar-refractivity contribution >= 4 is 5.91 Å². The molecule has 2 fully saturated rings. The average Bonchev–Trinajstić information content (AvgIpc) is 3.21. The highest BCUT2D eigenvalue weighted by molar-refractivity contribution is 5.93. The van der Waals surface area contributed by atoms with Gasteiger partial charge >= 0.3 is 0 Å². The average molecular weight is 365 g/mol. The number of nitrogens with zero attached hydrogens (tertiary/aromatic N) is 5. The Kier molecular flexibility index (Phi) is 3.70. The van der Waals surface area contributed by atoms with Crippen LogP contribution in [0.5, 0.6) is 5.75 Å². The Balaban J connectivity index is 1.27. The van der Waals surface area contributed by atoms with Crippen LogP contribution in [0.25, 0.3) is 11.5 Å². The van der Waals surface area contributed by atoms with Gasteiger partial charge in [0, 0.05) is 19.2 Å². The molecule has 1 saturated heterocycles. The zero-order chi connectivity index (χ0) is 18.4. The van der Waals surface area contributed by atoms with Gasteiger partial charge in [0.2, 0.25) is 0 Å². The van der Waals surface area contributed by atoms with E-state index in [4.69, 9.17) is 9.26 Å². The maximum Gasteiger partial charge on any atom is 0.272 e. The van der Waals surface area contributed by atoms with E-state index in [1.54, 1.807) is 28.9 Å². The lowest BCUT2D eigenvalue weighted by molar-refractivity contribution is 0.0171. The first kappa shape index (κ1) is 16.0. The van der Waals surface area contributed by atoms with Crippen molar-refractivity contribution in [2.75, 3.05) is 13.1 Å². The Labute approximate surface area is 155 Å². The fourth-order valence-electron chi connectivity index (χ4n) is 3.20. The number of hydrogen-bond acceptors (Lipinski definition) is 6. The third kappa shape index (κ3) is 2.97. The van der Waals surface area contributed by atoms with Crippen molar-refractivity contribution in [3.63, 3.8) is 0 Å². The second kappa shape index (κ2) is 6.22. The molecule has 0 bridgehead atoms. The van der Waals surface area contributed by atoms with E-state index in [2.05, 4.69) is 15.2 Å². The van der Waals surface area contributed by atoms with Crippen LogP contribution in [0.4, 0.5) is 0 Å². The van der Waals surface area contributed by atoms with Crippen LogP contribution in [0.3, 0.4) is 0 Å². The van der Waals surface area contributed by atoms with E-state index in [0.717, 1.165) is 24.2 Å². The number of amides is 1. The molecule has 3 heterocycles. The van der Waals surface area contributed by atoms with Crippen molar-refractivity contribution in [2.45, 2.75) is 24.9 Å². The zero-order valence-electron chi connectivity index (χ0n) is 14.9. The van der Waals surface area contributed by atoms with Gasteiger partial charge in [0.15, 0.2) is 5.82 Å². The molecule has 0 radical (unpaired) electrons. The Morgan fingerprint density at radius 2 is 2.04 bits per heavy atom. The summed E-state index contributed by atoms with van der Waals surface area (Å²) in [6.45, 7) is 1.07. The molecule has 1 amide bonds. The van der Waals surface area contributed by atoms with Crippen molar-refractivity contribution < 1.29 is 14.1 Å². The first-order chi connectivity index (χ1) is 13.2. The zero-order valence-corrected chi connectivity index (χ0v) is 14.9. The third-order valence-corrected chi connectivity index (χ3v) is 4.97. The summed E-state index contributed by atoms with van der Waals surface area (Å²) in [5.74, 6) is 2.36. The lowest BCUT2D eigenvalue weighted by Gasteiger charge is -2.39. The van der Waals surface area contributed by atoms with Crippen molar-refractivity contribution in [2.24, 2.45) is 7.05 Å². The summed E-state index contributed by atoms with van der Waals surface area (Å²) in [4.78, 5) is 18.7. The summed E-state index contributed by atoms with van der Waals surface area (Å²) in [6, 6.07) is 9.36. The molecule has 1 aliphatic carbocycles. The van der Waals surface area contributed by atoms with Crippen LogP contribution in [-0.2, 0) is 7.05 Å². The van der Waals surface area contributed by atoms with E-state index in [0.29, 0.717) is 36.3 Å². The lowest BCUT2D eigenvalue weighted by Crippen LogP contribution is -2.56. The predicted molar refractivity (Wildman–Crippen MR) is 95.2 cm³/mol. The van der Waals surface area contributed by atoms with Crippen LogP contribution in [0, 0.1) is 0 Å². The Hall–Kier alpha value is -3.16. The van der Waals surface area contributed by atoms with Crippen LogP contribution < -0.4 is 4.74 Å². The van der Waals surface area contributed by atoms with Crippen LogP contribution in [-0.4, -0.2) is 49.9 Å². The Bertz CT molecular complexity index is 985. The predicted octanol–water partition coefficient (Wildman–Crippen LogP) is 2.25. The van der Waals surface area contributed by atoms with Gasteiger partial charge in [0.25, 0.3) is 11.8 Å². The summed E-state index contributed by atoms with van der Waals surface area (Å²) in [5.41, 5.74) is 1.36. The largest absolute Gasteiger partial charge is 0.486 e. The second-order valence-corrected chi connectivity index (χ2v) is 7.02. The molecule has 27 heavy (non-hydrogen) atoms. The van der Waals surface area contributed by atoms with Crippen LogP contribution in [0.2, 0.25) is 0 Å². The molecule has 8 heteroatoms. The van der Waals surface area contributed by atoms with Crippen molar-refractivity contribution in [1.29, 1.82) is 0 Å². The highest BCUT2D eigenvalue weighted by Crippen LogP contribution is 2.39. The third-order valence-electron chi connectivity index (χ3n) is 4.97. The Morgan fingerprint density at radius 1 is 1.22 bits per heavy atom. The first-order valence-electron chi connectivity index (χ1n) is 9.06. The van der Waals surface area contributed by atoms with Crippen molar-refractivity contribution in [1.82, 2.24) is 24.8 Å². The summed E-state index contributed by atoms with van der Waals surface area (Å²) >= 11 is 0. The maximum absolute atomic E-state index is 12.4. The van der Waals surface area contributed by atoms with E-state index in [-0.39, 0.29) is 12.0 Å². The first-order valence-corrected chi connectivity index (χ1v) is 9.06. The van der Waals surface area contributed by atoms with Gasteiger partial charge in [0.05, 0.1) is 18.7 Å². The molecule has 0 N–H and O–H groups in total. The van der Waals surface area contributed by atoms with Gasteiger partial charge in [0.1, 0.15) is 17.5 Å². The van der Waals surface area contributed by atoms with Gasteiger partial charge in [-0.3, -0.25) is 9.48 Å². The minimum Gasteiger partial charge on any atom is -0.486 e. The summed E-state index contributed by atoms with van der Waals surface area (Å²) < 4.78 is 13.1. The summed E-state index contributed by atoms with van der Waals surface area (Å²) in [5, 5.41) is 8.12. The smallest absolute Gasteiger partial charge is 0.272 e. The maximum atomic E-state index is 12.4. The highest BCUT2D eigenvalue weighted by Gasteiger charge is 2.35. The molecule has 2 aromatic heterocycles. The van der Waals surface area contributed by atoms with Gasteiger partial charge in [-0.05, 0) is 31.0 Å². The molecule has 5 rings (SSSR count). The Morgan fingerprint density at radius 3 is 2.78 bits per heavy atom. The normalized spacial score (nSPS) is 17.0. The molecule has 0 atom stereocenters. The molecular formula is C19H19N5O3. The SMILES string of the molecule is Cn1nccc1C(=O)N1CC(Oc2ccccc2-c2nc(C3CC3)no2)C1. The number of likely N-dealkylation sites (tertiary alicyclic amines) is 1. The molecule has 3 aromatic rings. The molecule has 2 aliphatic rings. The van der Waals surface area contributed by atoms with Crippen molar-refractivity contribution in [3.8, 4) is 17.2 Å². The number of carbonyl (C=O) groups is 1. The number of hydrogen-bond donors (Lipinski definition) is 0. The number of benzene rings is 1. The standard InChI is InChI=1S/C19H19N5O3/c1-23-15(8-9-20-23)19(25)24-10-13(11-24)26-16-5-3-2-4-14(16)18-21-17(22-27-18)12-6-7-12/h2-5,8-9,12-13H,6-7,10-11H2,1H3. The molecule has 8 nitrogen and oxygen atoms in total. The van der Waals surface area contributed by atoms with Gasteiger partial charge in [-0.15, -0.1) is 0 Å². The highest BCUT2D eigenvalue weighted by atomic mass is 16.5. The molecule has 0 unspecified atom stereocenters. The monoisotopic (exact) mass is 365 g/mol. The van der Waals surface area contributed by atoms with Crippen LogP contribution in [0.15, 0.2) is 41.1 Å². The molecule has 1 aliphatic heterocycles. The molecule has 0 spiro atoms. The van der Waals surface area contributed by atoms with Gasteiger partial charge in [-0.1, -0.05) is 17.3 Å². The fraction of sp³-hybridized carbons (Fsp3) is 0.368. The van der Waals surface area contributed by atoms with Crippen molar-refractivity contribution in [3.05, 3.63) is 48.0 Å².